The van der Waals surface area contributed by atoms with E-state index >= 15 is 0 Å². The number of hydrogen-bond donors (Lipinski definition) is 0. The molecule has 0 unspecified atom stereocenters. The van der Waals surface area contributed by atoms with Crippen molar-refractivity contribution < 1.29 is 0 Å². The first-order chi connectivity index (χ1) is 14.6. The van der Waals surface area contributed by atoms with Gasteiger partial charge in [0.15, 0.2) is 0 Å². The summed E-state index contributed by atoms with van der Waals surface area (Å²) in [6.07, 6.45) is 14.0. The van der Waals surface area contributed by atoms with Gasteiger partial charge in [0, 0.05) is 35.9 Å². The summed E-state index contributed by atoms with van der Waals surface area (Å²) in [5.41, 5.74) is 5.52. The highest BCUT2D eigenvalue weighted by atomic mass is 15.1. The Morgan fingerprint density at radius 2 is 1.63 bits per heavy atom. The average molecular weight is 397 g/mol. The fourth-order valence-electron chi connectivity index (χ4n) is 3.17. The van der Waals surface area contributed by atoms with Crippen LogP contribution >= 0.6 is 0 Å². The second-order valence-electron chi connectivity index (χ2n) is 6.89. The van der Waals surface area contributed by atoms with Gasteiger partial charge in [-0.3, -0.25) is 0 Å². The molecule has 2 rings (SSSR count). The van der Waals surface area contributed by atoms with Gasteiger partial charge < -0.3 is 9.80 Å². The Balaban J connectivity index is 2.26. The molecule has 0 aliphatic heterocycles. The largest absolute Gasteiger partial charge is 0.338 e. The summed E-state index contributed by atoms with van der Waals surface area (Å²) in [6.45, 7) is 17.5. The maximum absolute atomic E-state index is 4.25. The topological polar surface area (TPSA) is 6.48 Å². The van der Waals surface area contributed by atoms with Crippen LogP contribution in [0.15, 0.2) is 128 Å². The number of benzene rings is 2. The highest BCUT2D eigenvalue weighted by molar-refractivity contribution is 5.57. The van der Waals surface area contributed by atoms with Crippen molar-refractivity contribution in [3.8, 4) is 0 Å². The van der Waals surface area contributed by atoms with Crippen LogP contribution in [0.25, 0.3) is 0 Å². The van der Waals surface area contributed by atoms with Gasteiger partial charge in [0.2, 0.25) is 0 Å². The molecular weight excluding hydrogens is 364 g/mol. The zero-order chi connectivity index (χ0) is 21.8. The summed E-state index contributed by atoms with van der Waals surface area (Å²) in [5, 5.41) is 0. The number of allylic oxidation sites excluding steroid dienone is 5. The van der Waals surface area contributed by atoms with Gasteiger partial charge in [0.25, 0.3) is 0 Å². The first-order valence-electron chi connectivity index (χ1n) is 10.2. The summed E-state index contributed by atoms with van der Waals surface area (Å²) in [4.78, 5) is 4.43. The second kappa shape index (κ2) is 12.1. The summed E-state index contributed by atoms with van der Waals surface area (Å²) in [5.74, 6) is 0. The van der Waals surface area contributed by atoms with Gasteiger partial charge in [-0.15, -0.1) is 6.58 Å². The normalized spacial score (nSPS) is 11.6. The summed E-state index contributed by atoms with van der Waals surface area (Å²) in [7, 11) is 0. The van der Waals surface area contributed by atoms with E-state index in [-0.39, 0.29) is 0 Å². The molecular formula is C28H32N2. The Kier molecular flexibility index (Phi) is 9.20. The molecule has 0 saturated carbocycles. The molecule has 0 bridgehead atoms. The number of hydrogen-bond acceptors (Lipinski definition) is 2. The lowest BCUT2D eigenvalue weighted by Crippen LogP contribution is -2.23. The van der Waals surface area contributed by atoms with Gasteiger partial charge in [-0.1, -0.05) is 73.9 Å². The van der Waals surface area contributed by atoms with Crippen LogP contribution in [0.5, 0.6) is 0 Å². The smallest absolute Gasteiger partial charge is 0.0416 e. The van der Waals surface area contributed by atoms with Crippen molar-refractivity contribution >= 4 is 11.4 Å². The molecule has 0 aliphatic carbocycles. The quantitative estimate of drug-likeness (QED) is 0.292. The van der Waals surface area contributed by atoms with Crippen molar-refractivity contribution in [3.63, 3.8) is 0 Å². The molecule has 2 aromatic carbocycles. The van der Waals surface area contributed by atoms with E-state index in [1.54, 1.807) is 6.08 Å². The molecule has 0 spiro atoms. The van der Waals surface area contributed by atoms with Crippen LogP contribution < -0.4 is 9.80 Å². The number of rotatable bonds is 11. The van der Waals surface area contributed by atoms with E-state index in [9.17, 15) is 0 Å². The molecule has 30 heavy (non-hydrogen) atoms. The van der Waals surface area contributed by atoms with Crippen LogP contribution in [0, 0.1) is 6.92 Å². The molecule has 0 aliphatic rings. The van der Waals surface area contributed by atoms with E-state index in [0.29, 0.717) is 6.54 Å². The third-order valence-corrected chi connectivity index (χ3v) is 4.65. The van der Waals surface area contributed by atoms with Gasteiger partial charge in [-0.05, 0) is 55.8 Å². The lowest BCUT2D eigenvalue weighted by Gasteiger charge is -2.26. The molecule has 0 radical (unpaired) electrons. The maximum Gasteiger partial charge on any atom is 0.0416 e. The number of aryl methyl sites for hydroxylation is 1. The number of anilines is 2. The van der Waals surface area contributed by atoms with E-state index in [2.05, 4.69) is 110 Å². The van der Waals surface area contributed by atoms with Crippen molar-refractivity contribution in [2.75, 3.05) is 22.9 Å². The lowest BCUT2D eigenvalue weighted by atomic mass is 10.2. The Labute approximate surface area is 182 Å². The van der Waals surface area contributed by atoms with Crippen LogP contribution in [0.1, 0.15) is 12.5 Å². The Bertz CT molecular complexity index is 932. The Morgan fingerprint density at radius 1 is 0.900 bits per heavy atom. The SMILES string of the molecule is C=C/C=C\C(=C)N(C/C=C\C(=C/C)N(CC=C)c1ccccc1)c1cccc(C)c1. The van der Waals surface area contributed by atoms with Crippen molar-refractivity contribution in [1.29, 1.82) is 0 Å². The van der Waals surface area contributed by atoms with Gasteiger partial charge in [-0.25, -0.2) is 0 Å². The molecule has 0 amide bonds. The van der Waals surface area contributed by atoms with Crippen molar-refractivity contribution in [3.05, 3.63) is 134 Å². The van der Waals surface area contributed by atoms with Crippen molar-refractivity contribution in [2.24, 2.45) is 0 Å². The summed E-state index contributed by atoms with van der Waals surface area (Å²) < 4.78 is 0. The fraction of sp³-hybridized carbons (Fsp3) is 0.143. The van der Waals surface area contributed by atoms with Gasteiger partial charge in [-0.2, -0.15) is 0 Å². The molecule has 2 nitrogen and oxygen atoms in total. The fourth-order valence-corrected chi connectivity index (χ4v) is 3.17. The monoisotopic (exact) mass is 396 g/mol. The van der Waals surface area contributed by atoms with Gasteiger partial charge >= 0.3 is 0 Å². The molecule has 154 valence electrons. The average Bonchev–Trinajstić information content (AvgIpc) is 2.77. The highest BCUT2D eigenvalue weighted by Crippen LogP contribution is 2.22. The minimum Gasteiger partial charge on any atom is -0.338 e. The molecule has 0 atom stereocenters. The predicted molar refractivity (Wildman–Crippen MR) is 134 cm³/mol. The minimum atomic E-state index is 0.706. The third-order valence-electron chi connectivity index (χ3n) is 4.65. The zero-order valence-corrected chi connectivity index (χ0v) is 18.2. The third kappa shape index (κ3) is 6.52. The van der Waals surface area contributed by atoms with E-state index in [1.165, 1.54) is 5.56 Å². The summed E-state index contributed by atoms with van der Waals surface area (Å²) >= 11 is 0. The van der Waals surface area contributed by atoms with Crippen LogP contribution in [0.4, 0.5) is 11.4 Å². The van der Waals surface area contributed by atoms with Gasteiger partial charge in [0.05, 0.1) is 0 Å². The zero-order valence-electron chi connectivity index (χ0n) is 18.2. The van der Waals surface area contributed by atoms with Crippen LogP contribution in [0.3, 0.4) is 0 Å². The first-order valence-corrected chi connectivity index (χ1v) is 10.2. The molecule has 2 heteroatoms. The van der Waals surface area contributed by atoms with Crippen LogP contribution in [-0.2, 0) is 0 Å². The predicted octanol–water partition coefficient (Wildman–Crippen LogP) is 7.21. The van der Waals surface area contributed by atoms with E-state index in [4.69, 9.17) is 0 Å². The number of para-hydroxylation sites is 1. The van der Waals surface area contributed by atoms with E-state index < -0.39 is 0 Å². The molecule has 0 aromatic heterocycles. The Hall–Kier alpha value is -3.52. The molecule has 2 aromatic rings. The first kappa shape index (κ1) is 22.8. The highest BCUT2D eigenvalue weighted by Gasteiger charge is 2.09. The lowest BCUT2D eigenvalue weighted by molar-refractivity contribution is 1.02. The Morgan fingerprint density at radius 3 is 2.27 bits per heavy atom. The second-order valence-corrected chi connectivity index (χ2v) is 6.89. The molecule has 0 saturated heterocycles. The maximum atomic E-state index is 4.25. The van der Waals surface area contributed by atoms with Crippen molar-refractivity contribution in [2.45, 2.75) is 13.8 Å². The standard InChI is InChI=1S/C28H32N2/c1-6-9-16-25(5)29(28-19-13-15-24(4)23-28)22-14-20-26(8-3)30(21-7-2)27-17-11-10-12-18-27/h6-20,23H,1-2,5,21-22H2,3-4H3/b16-9-,20-14-,26-8+. The van der Waals surface area contributed by atoms with Crippen LogP contribution in [0.2, 0.25) is 0 Å². The van der Waals surface area contributed by atoms with Crippen LogP contribution in [-0.4, -0.2) is 13.1 Å². The van der Waals surface area contributed by atoms with Crippen molar-refractivity contribution in [1.82, 2.24) is 0 Å². The minimum absolute atomic E-state index is 0.706. The summed E-state index contributed by atoms with van der Waals surface area (Å²) in [6, 6.07) is 18.8. The molecule has 0 N–H and O–H groups in total. The van der Waals surface area contributed by atoms with Gasteiger partial charge in [0.1, 0.15) is 0 Å². The molecule has 0 heterocycles. The van der Waals surface area contributed by atoms with E-state index in [1.807, 2.05) is 24.3 Å². The van der Waals surface area contributed by atoms with E-state index in [0.717, 1.165) is 29.3 Å². The number of nitrogens with zero attached hydrogens (tertiary/aromatic N) is 2. The molecule has 0 fully saturated rings.